The maximum absolute atomic E-state index is 13.1. The minimum atomic E-state index is -1.57. The van der Waals surface area contributed by atoms with E-state index in [0.29, 0.717) is 16.3 Å². The van der Waals surface area contributed by atoms with E-state index in [1.807, 2.05) is 0 Å². The van der Waals surface area contributed by atoms with Crippen molar-refractivity contribution in [3.8, 4) is 0 Å². The molecular formula is C24H23N7O8S2. The van der Waals surface area contributed by atoms with Crippen LogP contribution < -0.4 is 16.7 Å². The number of benzene rings is 1. The Hall–Kier alpha value is -4.35. The number of aliphatic carboxylic acids is 2. The van der Waals surface area contributed by atoms with Crippen LogP contribution >= 0.6 is 23.5 Å². The normalized spacial score (nSPS) is 19.8. The van der Waals surface area contributed by atoms with Crippen LogP contribution in [-0.2, 0) is 19.2 Å². The van der Waals surface area contributed by atoms with Crippen LogP contribution in [0.5, 0.6) is 0 Å². The van der Waals surface area contributed by atoms with E-state index in [2.05, 4.69) is 20.6 Å². The minimum Gasteiger partial charge on any atom is -0.481 e. The van der Waals surface area contributed by atoms with Crippen molar-refractivity contribution in [1.29, 1.82) is 0 Å². The number of aliphatic hydroxyl groups excluding tert-OH is 1. The lowest BCUT2D eigenvalue weighted by Gasteiger charge is -2.50. The number of nitrogens with zero attached hydrogens (tertiary/aromatic N) is 4. The van der Waals surface area contributed by atoms with E-state index < -0.39 is 52.2 Å². The van der Waals surface area contributed by atoms with Crippen LogP contribution in [-0.4, -0.2) is 86.2 Å². The van der Waals surface area contributed by atoms with Crippen molar-refractivity contribution in [2.45, 2.75) is 40.6 Å². The summed E-state index contributed by atoms with van der Waals surface area (Å²) in [6, 6.07) is 8.02. The van der Waals surface area contributed by atoms with Gasteiger partial charge in [-0.05, 0) is 41.8 Å². The Balaban J connectivity index is 1.39. The van der Waals surface area contributed by atoms with Gasteiger partial charge in [-0.1, -0.05) is 23.9 Å². The first-order chi connectivity index (χ1) is 19.5. The zero-order chi connectivity index (χ0) is 29.4. The average Bonchev–Trinajstić information content (AvgIpc) is 3.32. The number of rotatable bonds is 10. The van der Waals surface area contributed by atoms with E-state index in [1.54, 1.807) is 6.07 Å². The number of thioether (sulfide) groups is 2. The lowest BCUT2D eigenvalue weighted by molar-refractivity contribution is -0.151. The van der Waals surface area contributed by atoms with Crippen LogP contribution in [0.3, 0.4) is 0 Å². The second kappa shape index (κ2) is 11.3. The molecule has 0 spiro atoms. The first-order valence-electron chi connectivity index (χ1n) is 12.1. The largest absolute Gasteiger partial charge is 0.481 e. The average molecular weight is 602 g/mol. The van der Waals surface area contributed by atoms with Gasteiger partial charge in [0.25, 0.3) is 11.8 Å². The molecule has 214 valence electrons. The summed E-state index contributed by atoms with van der Waals surface area (Å²) in [7, 11) is 0. The monoisotopic (exact) mass is 601 g/mol. The number of nitrogens with one attached hydrogen (secondary N) is 2. The maximum Gasteiger partial charge on any atom is 0.364 e. The van der Waals surface area contributed by atoms with E-state index in [0.717, 1.165) is 21.2 Å². The molecule has 0 bridgehead atoms. The molecule has 0 radical (unpaired) electrons. The van der Waals surface area contributed by atoms with Crippen LogP contribution in [0.4, 0.5) is 5.69 Å². The number of H-pyrrole nitrogens is 1. The van der Waals surface area contributed by atoms with Crippen molar-refractivity contribution in [2.24, 2.45) is 0 Å². The first kappa shape index (κ1) is 28.2. The van der Waals surface area contributed by atoms with Crippen LogP contribution in [0, 0.1) is 0 Å². The number of amides is 2. The molecule has 4 heterocycles. The Labute approximate surface area is 238 Å². The summed E-state index contributed by atoms with van der Waals surface area (Å²) in [6.07, 6.45) is -1.83. The van der Waals surface area contributed by atoms with Gasteiger partial charge in [0.05, 0.1) is 0 Å². The second-order valence-electron chi connectivity index (χ2n) is 9.15. The summed E-state index contributed by atoms with van der Waals surface area (Å²) >= 11 is 2.27. The Morgan fingerprint density at radius 1 is 1.17 bits per heavy atom. The number of aliphatic hydroxyl groups is 1. The molecule has 17 heteroatoms. The molecule has 1 fully saturated rings. The quantitative estimate of drug-likeness (QED) is 0.100. The van der Waals surface area contributed by atoms with E-state index >= 15 is 0 Å². The van der Waals surface area contributed by atoms with Gasteiger partial charge < -0.3 is 26.4 Å². The molecule has 3 unspecified atom stereocenters. The summed E-state index contributed by atoms with van der Waals surface area (Å²) in [4.78, 5) is 62.7. The SMILES string of the molecule is Nc1ccc(C(O)C(=O)NC2C(=O)N3C(C(=O)O)=C(C(CCC(=O)O)Sc4ccc5n[nH]c(=O)n5n4)CS[C@@H]23)cc1. The fourth-order valence-electron chi connectivity index (χ4n) is 4.50. The van der Waals surface area contributed by atoms with Gasteiger partial charge in [-0.2, -0.15) is 14.7 Å². The van der Waals surface area contributed by atoms with Crippen molar-refractivity contribution in [1.82, 2.24) is 30.0 Å². The third kappa shape index (κ3) is 5.50. The van der Waals surface area contributed by atoms with E-state index in [4.69, 9.17) is 5.73 Å². The molecule has 3 aromatic rings. The number of aromatic nitrogens is 4. The van der Waals surface area contributed by atoms with Crippen LogP contribution in [0.25, 0.3) is 5.65 Å². The topological polar surface area (TPSA) is 233 Å². The molecule has 2 aromatic heterocycles. The Morgan fingerprint density at radius 3 is 2.59 bits per heavy atom. The molecule has 2 amide bonds. The summed E-state index contributed by atoms with van der Waals surface area (Å²) in [6.45, 7) is 0. The first-order valence-corrected chi connectivity index (χ1v) is 14.1. The van der Waals surface area contributed by atoms with Crippen molar-refractivity contribution >= 4 is 58.6 Å². The van der Waals surface area contributed by atoms with Gasteiger partial charge >= 0.3 is 17.6 Å². The lowest BCUT2D eigenvalue weighted by atomic mass is 9.99. The Bertz CT molecular complexity index is 1640. The smallest absolute Gasteiger partial charge is 0.364 e. The molecule has 0 saturated carbocycles. The molecule has 41 heavy (non-hydrogen) atoms. The number of β-lactam (4-membered cyclic amide) rings is 1. The maximum atomic E-state index is 13.1. The molecule has 5 rings (SSSR count). The van der Waals surface area contributed by atoms with Gasteiger partial charge in [-0.25, -0.2) is 14.7 Å². The van der Waals surface area contributed by atoms with Crippen LogP contribution in [0.2, 0.25) is 0 Å². The van der Waals surface area contributed by atoms with Gasteiger partial charge in [0.2, 0.25) is 0 Å². The minimum absolute atomic E-state index is 0.0212. The molecular weight excluding hydrogens is 578 g/mol. The molecule has 1 saturated heterocycles. The molecule has 7 N–H and O–H groups in total. The van der Waals surface area contributed by atoms with Crippen molar-refractivity contribution < 1.29 is 34.5 Å². The number of anilines is 1. The van der Waals surface area contributed by atoms with Crippen molar-refractivity contribution in [2.75, 3.05) is 11.5 Å². The van der Waals surface area contributed by atoms with Gasteiger partial charge in [0.15, 0.2) is 11.8 Å². The zero-order valence-electron chi connectivity index (χ0n) is 21.0. The molecule has 4 atom stereocenters. The van der Waals surface area contributed by atoms with Crippen molar-refractivity contribution in [3.05, 3.63) is 63.7 Å². The Kier molecular flexibility index (Phi) is 7.74. The molecule has 15 nitrogen and oxygen atoms in total. The lowest BCUT2D eigenvalue weighted by Crippen LogP contribution is -2.71. The van der Waals surface area contributed by atoms with Gasteiger partial charge in [0, 0.05) is 23.1 Å². The zero-order valence-corrected chi connectivity index (χ0v) is 22.6. The third-order valence-corrected chi connectivity index (χ3v) is 9.09. The molecule has 1 aromatic carbocycles. The predicted octanol–water partition coefficient (Wildman–Crippen LogP) is -0.202. The summed E-state index contributed by atoms with van der Waals surface area (Å²) in [5, 5.41) is 41.5. The number of nitrogen functional groups attached to an aromatic ring is 1. The van der Waals surface area contributed by atoms with Gasteiger partial charge in [-0.3, -0.25) is 19.3 Å². The van der Waals surface area contributed by atoms with Crippen LogP contribution in [0.1, 0.15) is 24.5 Å². The van der Waals surface area contributed by atoms with E-state index in [-0.39, 0.29) is 35.5 Å². The highest BCUT2D eigenvalue weighted by Crippen LogP contribution is 2.44. The van der Waals surface area contributed by atoms with Gasteiger partial charge in [-0.15, -0.1) is 11.8 Å². The fraction of sp³-hybridized carbons (Fsp3) is 0.292. The standard InChI is InChI=1S/C24H23N7O8S2/c25-11-3-1-10(2-4-11)19(34)20(35)26-17-21(36)30-18(23(37)38)12(9-40-22(17)30)13(5-8-16(32)33)41-15-7-6-14-27-28-24(39)31(14)29-15/h1-4,6-7,13,17,19,22,34H,5,8-9,25H2,(H,26,35)(H,28,39)(H,32,33)(H,37,38)/t13?,17?,19?,22-/m0/s1. The summed E-state index contributed by atoms with van der Waals surface area (Å²) in [5.41, 5.74) is 6.06. The summed E-state index contributed by atoms with van der Waals surface area (Å²) < 4.78 is 1.03. The van der Waals surface area contributed by atoms with E-state index in [1.165, 1.54) is 42.1 Å². The fourth-order valence-corrected chi connectivity index (χ4v) is 7.17. The van der Waals surface area contributed by atoms with Crippen LogP contribution in [0.15, 0.2) is 57.5 Å². The second-order valence-corrected chi connectivity index (χ2v) is 11.5. The molecule has 0 aliphatic carbocycles. The highest BCUT2D eigenvalue weighted by atomic mass is 32.2. The number of fused-ring (bicyclic) bond motifs is 2. The van der Waals surface area contributed by atoms with Crippen molar-refractivity contribution in [3.63, 3.8) is 0 Å². The number of carbonyl (C=O) groups is 4. The number of hydrogen-bond donors (Lipinski definition) is 6. The predicted molar refractivity (Wildman–Crippen MR) is 146 cm³/mol. The molecule has 2 aliphatic rings. The highest BCUT2D eigenvalue weighted by molar-refractivity contribution is 8.01. The third-order valence-electron chi connectivity index (χ3n) is 6.52. The number of carbonyl (C=O) groups excluding carboxylic acids is 2. The summed E-state index contributed by atoms with van der Waals surface area (Å²) in [5.74, 6) is -3.87. The number of nitrogens with two attached hydrogens (primary N) is 1. The number of carboxylic acid groups (broad SMARTS) is 2. The molecule has 2 aliphatic heterocycles. The number of carboxylic acids is 2. The number of aromatic amines is 1. The Morgan fingerprint density at radius 2 is 1.90 bits per heavy atom. The number of hydrogen-bond acceptors (Lipinski definition) is 11. The highest BCUT2D eigenvalue weighted by Gasteiger charge is 2.55. The van der Waals surface area contributed by atoms with E-state index in [9.17, 15) is 39.3 Å². The van der Waals surface area contributed by atoms with Gasteiger partial charge in [0.1, 0.15) is 22.1 Å².